The fourth-order valence-electron chi connectivity index (χ4n) is 5.21. The number of nitrogens with zero attached hydrogens (tertiary/aromatic N) is 1. The van der Waals surface area contributed by atoms with Crippen LogP contribution in [0.3, 0.4) is 0 Å². The fourth-order valence-corrected chi connectivity index (χ4v) is 5.21. The lowest BCUT2D eigenvalue weighted by atomic mass is 9.76. The van der Waals surface area contributed by atoms with Crippen molar-refractivity contribution in [3.05, 3.63) is 95.4 Å². The van der Waals surface area contributed by atoms with Crippen molar-refractivity contribution in [1.82, 2.24) is 4.98 Å². The molecule has 1 fully saturated rings. The summed E-state index contributed by atoms with van der Waals surface area (Å²) in [7, 11) is 0. The molecule has 1 saturated carbocycles. The molecule has 0 amide bonds. The maximum absolute atomic E-state index is 11.1. The number of hydrogen-bond acceptors (Lipinski definition) is 5. The van der Waals surface area contributed by atoms with E-state index in [0.29, 0.717) is 11.7 Å². The molecule has 0 radical (unpaired) electrons. The molecule has 1 aliphatic carbocycles. The lowest BCUT2D eigenvalue weighted by Gasteiger charge is -2.29. The molecule has 0 N–H and O–H groups in total. The van der Waals surface area contributed by atoms with E-state index < -0.39 is 5.97 Å². The van der Waals surface area contributed by atoms with Crippen molar-refractivity contribution in [2.45, 2.75) is 58.8 Å². The molecule has 5 rings (SSSR count). The SMILES string of the molecule is CC(=O)OOc1cccc(CC2CCCCC2c2nc(-c3ccc(C)cc3)c(-c3ccc(C)cc3)o2)c1. The highest BCUT2D eigenvalue weighted by Gasteiger charge is 2.32. The van der Waals surface area contributed by atoms with Crippen LogP contribution in [0.1, 0.15) is 61.1 Å². The number of aryl methyl sites for hydroxylation is 2. The zero-order valence-corrected chi connectivity index (χ0v) is 21.7. The quantitative estimate of drug-likeness (QED) is 0.192. The molecule has 2 atom stereocenters. The van der Waals surface area contributed by atoms with E-state index >= 15 is 0 Å². The molecule has 0 bridgehead atoms. The number of hydrogen-bond donors (Lipinski definition) is 0. The third kappa shape index (κ3) is 5.93. The van der Waals surface area contributed by atoms with Gasteiger partial charge in [-0.2, -0.15) is 0 Å². The van der Waals surface area contributed by atoms with Crippen LogP contribution in [0.5, 0.6) is 5.75 Å². The highest BCUT2D eigenvalue weighted by atomic mass is 17.2. The fraction of sp³-hybridized carbons (Fsp3) is 0.312. The van der Waals surface area contributed by atoms with Crippen LogP contribution in [-0.4, -0.2) is 11.0 Å². The van der Waals surface area contributed by atoms with Gasteiger partial charge in [-0.1, -0.05) is 84.6 Å². The Balaban J connectivity index is 1.47. The lowest BCUT2D eigenvalue weighted by Crippen LogP contribution is -2.20. The minimum absolute atomic E-state index is 0.232. The summed E-state index contributed by atoms with van der Waals surface area (Å²) in [6.07, 6.45) is 5.40. The first-order valence-corrected chi connectivity index (χ1v) is 13.0. The van der Waals surface area contributed by atoms with Gasteiger partial charge in [-0.25, -0.2) is 9.78 Å². The Kier molecular flexibility index (Phi) is 7.40. The molecule has 0 saturated heterocycles. The second-order valence-corrected chi connectivity index (χ2v) is 10.1. The smallest absolute Gasteiger partial charge is 0.352 e. The highest BCUT2D eigenvalue weighted by molar-refractivity contribution is 5.77. The van der Waals surface area contributed by atoms with Crippen molar-refractivity contribution in [3.63, 3.8) is 0 Å². The summed E-state index contributed by atoms with van der Waals surface area (Å²) >= 11 is 0. The molecular formula is C32H33NO4. The van der Waals surface area contributed by atoms with Gasteiger partial charge in [0.15, 0.2) is 17.4 Å². The number of carbonyl (C=O) groups excluding carboxylic acids is 1. The third-order valence-corrected chi connectivity index (χ3v) is 7.16. The van der Waals surface area contributed by atoms with Crippen molar-refractivity contribution >= 4 is 5.97 Å². The van der Waals surface area contributed by atoms with Gasteiger partial charge < -0.3 is 4.42 Å². The molecule has 5 heteroatoms. The number of carbonyl (C=O) groups is 1. The number of rotatable bonds is 7. The molecule has 3 aromatic carbocycles. The maximum atomic E-state index is 11.1. The van der Waals surface area contributed by atoms with Gasteiger partial charge >= 0.3 is 5.97 Å². The van der Waals surface area contributed by atoms with Gasteiger partial charge in [-0.05, 0) is 56.7 Å². The monoisotopic (exact) mass is 495 g/mol. The second kappa shape index (κ2) is 11.0. The van der Waals surface area contributed by atoms with E-state index in [0.717, 1.165) is 53.3 Å². The average molecular weight is 496 g/mol. The van der Waals surface area contributed by atoms with E-state index in [1.807, 2.05) is 12.1 Å². The van der Waals surface area contributed by atoms with Gasteiger partial charge in [0.05, 0.1) is 0 Å². The Bertz CT molecular complexity index is 1290. The van der Waals surface area contributed by atoms with E-state index in [-0.39, 0.29) is 5.92 Å². The summed E-state index contributed by atoms with van der Waals surface area (Å²) < 4.78 is 6.63. The first-order valence-electron chi connectivity index (χ1n) is 13.0. The predicted molar refractivity (Wildman–Crippen MR) is 144 cm³/mol. The van der Waals surface area contributed by atoms with Crippen LogP contribution in [0.15, 0.2) is 77.2 Å². The van der Waals surface area contributed by atoms with E-state index in [1.165, 1.54) is 30.9 Å². The Morgan fingerprint density at radius 2 is 1.59 bits per heavy atom. The first-order chi connectivity index (χ1) is 18.0. The van der Waals surface area contributed by atoms with Crippen LogP contribution < -0.4 is 4.89 Å². The van der Waals surface area contributed by atoms with Crippen LogP contribution in [0, 0.1) is 19.8 Å². The van der Waals surface area contributed by atoms with Crippen LogP contribution in [0.2, 0.25) is 0 Å². The molecule has 5 nitrogen and oxygen atoms in total. The van der Waals surface area contributed by atoms with Gasteiger partial charge in [0.1, 0.15) is 5.69 Å². The van der Waals surface area contributed by atoms with Crippen molar-refractivity contribution in [2.75, 3.05) is 0 Å². The van der Waals surface area contributed by atoms with Crippen molar-refractivity contribution in [3.8, 4) is 28.3 Å². The van der Waals surface area contributed by atoms with Crippen LogP contribution >= 0.6 is 0 Å². The zero-order chi connectivity index (χ0) is 25.8. The van der Waals surface area contributed by atoms with Gasteiger partial charge in [-0.3, -0.25) is 9.78 Å². The molecule has 2 unspecified atom stereocenters. The molecule has 0 aliphatic heterocycles. The summed E-state index contributed by atoms with van der Waals surface area (Å²) in [5.74, 6) is 2.33. The Labute approximate surface area is 218 Å². The number of aromatic nitrogens is 1. The molecule has 4 aromatic rings. The number of benzene rings is 3. The topological polar surface area (TPSA) is 61.6 Å². The van der Waals surface area contributed by atoms with Gasteiger partial charge in [0.2, 0.25) is 0 Å². The summed E-state index contributed by atoms with van der Waals surface area (Å²) in [4.78, 5) is 26.1. The zero-order valence-electron chi connectivity index (χ0n) is 21.7. The van der Waals surface area contributed by atoms with E-state index in [9.17, 15) is 4.79 Å². The second-order valence-electron chi connectivity index (χ2n) is 10.1. The van der Waals surface area contributed by atoms with Crippen LogP contribution in [0.4, 0.5) is 0 Å². The van der Waals surface area contributed by atoms with E-state index in [2.05, 4.69) is 68.4 Å². The van der Waals surface area contributed by atoms with Crippen LogP contribution in [0.25, 0.3) is 22.6 Å². The lowest BCUT2D eigenvalue weighted by molar-refractivity contribution is -0.210. The summed E-state index contributed by atoms with van der Waals surface area (Å²) in [5, 5.41) is 0. The minimum Gasteiger partial charge on any atom is -0.440 e. The minimum atomic E-state index is -0.476. The molecule has 1 aliphatic rings. The highest BCUT2D eigenvalue weighted by Crippen LogP contribution is 2.43. The first kappa shape index (κ1) is 24.8. The molecule has 1 heterocycles. The average Bonchev–Trinajstić information content (AvgIpc) is 3.34. The standard InChI is InChI=1S/C32H33NO4/c1-21-11-15-25(16-12-21)30-31(26-17-13-22(2)14-18-26)35-32(33-30)29-10-5-4-8-27(29)19-24-7-6-9-28(20-24)37-36-23(3)34/h6-7,9,11-18,20,27,29H,4-5,8,10,19H2,1-3H3. The van der Waals surface area contributed by atoms with E-state index in [1.54, 1.807) is 6.07 Å². The molecule has 37 heavy (non-hydrogen) atoms. The van der Waals surface area contributed by atoms with Gasteiger partial charge in [-0.15, -0.1) is 0 Å². The largest absolute Gasteiger partial charge is 0.440 e. The van der Waals surface area contributed by atoms with Gasteiger partial charge in [0, 0.05) is 24.0 Å². The summed E-state index contributed by atoms with van der Waals surface area (Å²) in [6.45, 7) is 5.51. The molecule has 1 aromatic heterocycles. The number of oxazole rings is 1. The van der Waals surface area contributed by atoms with E-state index in [4.69, 9.17) is 19.2 Å². The molecule has 190 valence electrons. The normalized spacial score (nSPS) is 17.4. The molecule has 0 spiro atoms. The van der Waals surface area contributed by atoms with Crippen LogP contribution in [-0.2, 0) is 16.1 Å². The summed E-state index contributed by atoms with van der Waals surface area (Å²) in [5.41, 5.74) is 6.59. The predicted octanol–water partition coefficient (Wildman–Crippen LogP) is 8.00. The molecular weight excluding hydrogens is 462 g/mol. The van der Waals surface area contributed by atoms with Crippen molar-refractivity contribution < 1.29 is 19.0 Å². The van der Waals surface area contributed by atoms with Gasteiger partial charge in [0.25, 0.3) is 0 Å². The summed E-state index contributed by atoms with van der Waals surface area (Å²) in [6, 6.07) is 24.7. The Hall–Kier alpha value is -3.86. The maximum Gasteiger partial charge on any atom is 0.352 e. The third-order valence-electron chi connectivity index (χ3n) is 7.16. The Morgan fingerprint density at radius 1 is 0.919 bits per heavy atom. The van der Waals surface area contributed by atoms with Crippen molar-refractivity contribution in [1.29, 1.82) is 0 Å². The van der Waals surface area contributed by atoms with Crippen molar-refractivity contribution in [2.24, 2.45) is 5.92 Å². The Morgan fingerprint density at radius 3 is 2.30 bits per heavy atom.